The van der Waals surface area contributed by atoms with Crippen LogP contribution < -0.4 is 0 Å². The molecule has 0 aliphatic carbocycles. The number of hydrogen-bond acceptors (Lipinski definition) is 1. The molecule has 1 N–H and O–H groups in total. The topological polar surface area (TPSA) is 20.2 Å². The van der Waals surface area contributed by atoms with Crippen molar-refractivity contribution in [3.63, 3.8) is 0 Å². The van der Waals surface area contributed by atoms with Crippen LogP contribution in [0.5, 0.6) is 5.75 Å². The predicted octanol–water partition coefficient (Wildman–Crippen LogP) is 9.38. The Hall–Kier alpha value is -4.10. The Bertz CT molecular complexity index is 1500. The van der Waals surface area contributed by atoms with E-state index in [-0.39, 0.29) is 5.41 Å². The van der Waals surface area contributed by atoms with E-state index < -0.39 is 5.41 Å². The predicted molar refractivity (Wildman–Crippen MR) is 156 cm³/mol. The normalized spacial score (nSPS) is 11.9. The minimum Gasteiger partial charge on any atom is -0.507 e. The molecular formula is C36H34O. The summed E-state index contributed by atoms with van der Waals surface area (Å²) in [7, 11) is 0. The van der Waals surface area contributed by atoms with Gasteiger partial charge in [-0.05, 0) is 39.4 Å². The van der Waals surface area contributed by atoms with Crippen LogP contribution >= 0.6 is 0 Å². The Morgan fingerprint density at radius 2 is 0.892 bits per heavy atom. The van der Waals surface area contributed by atoms with Gasteiger partial charge in [-0.15, -0.1) is 0 Å². The summed E-state index contributed by atoms with van der Waals surface area (Å²) in [6.07, 6.45) is 0. The Morgan fingerprint density at radius 3 is 1.46 bits per heavy atom. The highest BCUT2D eigenvalue weighted by Gasteiger charge is 2.32. The van der Waals surface area contributed by atoms with E-state index in [1.54, 1.807) is 0 Å². The van der Waals surface area contributed by atoms with E-state index in [0.717, 1.165) is 27.8 Å². The zero-order chi connectivity index (χ0) is 26.0. The summed E-state index contributed by atoms with van der Waals surface area (Å²) in [4.78, 5) is 0. The lowest BCUT2D eigenvalue weighted by Crippen LogP contribution is -2.23. The van der Waals surface area contributed by atoms with Gasteiger partial charge in [0.1, 0.15) is 5.75 Å². The smallest absolute Gasteiger partial charge is 0.127 e. The van der Waals surface area contributed by atoms with Crippen LogP contribution in [0.1, 0.15) is 49.9 Å². The molecule has 37 heavy (non-hydrogen) atoms. The van der Waals surface area contributed by atoms with Gasteiger partial charge in [-0.25, -0.2) is 0 Å². The van der Waals surface area contributed by atoms with Crippen molar-refractivity contribution < 1.29 is 5.11 Å². The highest BCUT2D eigenvalue weighted by molar-refractivity contribution is 5.87. The molecule has 0 saturated carbocycles. The molecule has 0 aliphatic heterocycles. The first-order chi connectivity index (χ1) is 17.8. The third-order valence-corrected chi connectivity index (χ3v) is 7.80. The van der Waals surface area contributed by atoms with Crippen LogP contribution in [0.2, 0.25) is 0 Å². The molecule has 0 bridgehead atoms. The average molecular weight is 483 g/mol. The maximum atomic E-state index is 12.0. The van der Waals surface area contributed by atoms with Gasteiger partial charge in [-0.2, -0.15) is 0 Å². The number of phenolic OH excluding ortho intramolecular Hbond substituents is 1. The first-order valence-corrected chi connectivity index (χ1v) is 12.9. The molecule has 1 nitrogen and oxygen atoms in total. The van der Waals surface area contributed by atoms with Crippen molar-refractivity contribution >= 4 is 0 Å². The molecule has 5 aromatic carbocycles. The lowest BCUT2D eigenvalue weighted by Gasteiger charge is -2.33. The van der Waals surface area contributed by atoms with E-state index in [4.69, 9.17) is 0 Å². The zero-order valence-corrected chi connectivity index (χ0v) is 22.1. The summed E-state index contributed by atoms with van der Waals surface area (Å²) >= 11 is 0. The van der Waals surface area contributed by atoms with E-state index in [9.17, 15) is 5.11 Å². The third kappa shape index (κ3) is 4.58. The average Bonchev–Trinajstić information content (AvgIpc) is 2.94. The fraction of sp³-hybridized carbons (Fsp3) is 0.167. The zero-order valence-electron chi connectivity index (χ0n) is 22.1. The summed E-state index contributed by atoms with van der Waals surface area (Å²) in [5, 5.41) is 12.0. The minimum absolute atomic E-state index is 0.257. The van der Waals surface area contributed by atoms with Crippen LogP contribution in [0.4, 0.5) is 0 Å². The molecule has 0 amide bonds. The Morgan fingerprint density at radius 1 is 0.432 bits per heavy atom. The van der Waals surface area contributed by atoms with Gasteiger partial charge in [-0.1, -0.05) is 149 Å². The molecule has 1 heteroatoms. The van der Waals surface area contributed by atoms with Crippen LogP contribution in [0.15, 0.2) is 127 Å². The summed E-state index contributed by atoms with van der Waals surface area (Å²) in [6, 6.07) is 44.3. The van der Waals surface area contributed by atoms with Crippen molar-refractivity contribution in [2.24, 2.45) is 0 Å². The summed E-state index contributed by atoms with van der Waals surface area (Å²) in [5.41, 5.74) is 7.99. The molecule has 0 atom stereocenters. The maximum absolute atomic E-state index is 12.0. The van der Waals surface area contributed by atoms with E-state index in [1.807, 2.05) is 12.1 Å². The van der Waals surface area contributed by atoms with Crippen molar-refractivity contribution in [2.75, 3.05) is 0 Å². The monoisotopic (exact) mass is 482 g/mol. The van der Waals surface area contributed by atoms with Crippen molar-refractivity contribution in [3.05, 3.63) is 150 Å². The number of rotatable bonds is 6. The van der Waals surface area contributed by atoms with Crippen LogP contribution in [-0.2, 0) is 10.8 Å². The maximum Gasteiger partial charge on any atom is 0.127 e. The second-order valence-electron chi connectivity index (χ2n) is 10.8. The van der Waals surface area contributed by atoms with Gasteiger partial charge in [0, 0.05) is 22.0 Å². The quantitative estimate of drug-likeness (QED) is 0.255. The molecule has 5 aromatic rings. The Labute approximate surface area is 221 Å². The van der Waals surface area contributed by atoms with Crippen LogP contribution in [-0.4, -0.2) is 5.11 Å². The van der Waals surface area contributed by atoms with Gasteiger partial charge in [0.05, 0.1) is 0 Å². The summed E-state index contributed by atoms with van der Waals surface area (Å²) < 4.78 is 0. The molecule has 0 spiro atoms. The van der Waals surface area contributed by atoms with E-state index >= 15 is 0 Å². The molecular weight excluding hydrogens is 448 g/mol. The van der Waals surface area contributed by atoms with E-state index in [1.165, 1.54) is 16.7 Å². The first kappa shape index (κ1) is 24.6. The largest absolute Gasteiger partial charge is 0.507 e. The van der Waals surface area contributed by atoms with Crippen molar-refractivity contribution in [1.82, 2.24) is 0 Å². The lowest BCUT2D eigenvalue weighted by atomic mass is 9.71. The molecule has 184 valence electrons. The van der Waals surface area contributed by atoms with Gasteiger partial charge < -0.3 is 5.11 Å². The van der Waals surface area contributed by atoms with Crippen molar-refractivity contribution in [2.45, 2.75) is 38.5 Å². The second kappa shape index (κ2) is 9.75. The Kier molecular flexibility index (Phi) is 6.48. The number of benzene rings is 5. The lowest BCUT2D eigenvalue weighted by molar-refractivity contribution is 0.453. The number of phenols is 1. The summed E-state index contributed by atoms with van der Waals surface area (Å²) in [5.74, 6) is 0.338. The van der Waals surface area contributed by atoms with E-state index in [2.05, 4.69) is 143 Å². The highest BCUT2D eigenvalue weighted by Crippen LogP contribution is 2.47. The fourth-order valence-electron chi connectivity index (χ4n) is 5.30. The minimum atomic E-state index is -0.398. The number of hydrogen-bond donors (Lipinski definition) is 1. The second-order valence-corrected chi connectivity index (χ2v) is 10.8. The van der Waals surface area contributed by atoms with Crippen molar-refractivity contribution in [1.29, 1.82) is 0 Å². The van der Waals surface area contributed by atoms with Crippen LogP contribution in [0.25, 0.3) is 22.3 Å². The standard InChI is InChI=1S/C36H34O/c1-35(2,27-18-10-6-11-19-27)29-24-32(31-23-15-14-22-30(31)26-16-8-5-9-17-26)34(37)33(25-29)36(3,4)28-20-12-7-13-21-28/h5-25,37H,1-4H3. The molecule has 5 rings (SSSR count). The van der Waals surface area contributed by atoms with Gasteiger partial charge >= 0.3 is 0 Å². The third-order valence-electron chi connectivity index (χ3n) is 7.80. The number of aromatic hydroxyl groups is 1. The molecule has 0 fully saturated rings. The molecule has 0 aromatic heterocycles. The first-order valence-electron chi connectivity index (χ1n) is 12.9. The Balaban J connectivity index is 1.80. The summed E-state index contributed by atoms with van der Waals surface area (Å²) in [6.45, 7) is 8.93. The van der Waals surface area contributed by atoms with Gasteiger partial charge in [0.25, 0.3) is 0 Å². The highest BCUT2D eigenvalue weighted by atomic mass is 16.3. The van der Waals surface area contributed by atoms with E-state index in [0.29, 0.717) is 5.75 Å². The molecule has 0 saturated heterocycles. The SMILES string of the molecule is CC(C)(c1ccccc1)c1cc(-c2ccccc2-c2ccccc2)c(O)c(C(C)(C)c2ccccc2)c1. The van der Waals surface area contributed by atoms with Crippen LogP contribution in [0, 0.1) is 0 Å². The van der Waals surface area contributed by atoms with Crippen LogP contribution in [0.3, 0.4) is 0 Å². The van der Waals surface area contributed by atoms with Gasteiger partial charge in [0.15, 0.2) is 0 Å². The molecule has 0 radical (unpaired) electrons. The van der Waals surface area contributed by atoms with Crippen molar-refractivity contribution in [3.8, 4) is 28.0 Å². The van der Waals surface area contributed by atoms with Gasteiger partial charge in [0.2, 0.25) is 0 Å². The van der Waals surface area contributed by atoms with Gasteiger partial charge in [-0.3, -0.25) is 0 Å². The molecule has 0 aliphatic rings. The molecule has 0 heterocycles. The molecule has 0 unspecified atom stereocenters. The fourth-order valence-corrected chi connectivity index (χ4v) is 5.30.